The first-order valence-electron chi connectivity index (χ1n) is 20.0. The summed E-state index contributed by atoms with van der Waals surface area (Å²) >= 11 is 0. The highest BCUT2D eigenvalue weighted by Gasteiger charge is 2.32. The Hall–Kier alpha value is -4.12. The lowest BCUT2D eigenvalue weighted by molar-refractivity contribution is -0.145. The van der Waals surface area contributed by atoms with E-state index in [1.165, 1.54) is 25.3 Å². The van der Waals surface area contributed by atoms with Gasteiger partial charge in [-0.2, -0.15) is 4.72 Å². The summed E-state index contributed by atoms with van der Waals surface area (Å²) in [6, 6.07) is 4.29. The molecule has 0 aliphatic carbocycles. The van der Waals surface area contributed by atoms with Gasteiger partial charge in [-0.1, -0.05) is 6.07 Å². The van der Waals surface area contributed by atoms with Crippen molar-refractivity contribution in [2.24, 2.45) is 17.8 Å². The van der Waals surface area contributed by atoms with E-state index < -0.39 is 45.7 Å². The zero-order chi connectivity index (χ0) is 42.4. The summed E-state index contributed by atoms with van der Waals surface area (Å²) in [5, 5.41) is 5.30. The fourth-order valence-corrected chi connectivity index (χ4v) is 7.99. The van der Waals surface area contributed by atoms with Crippen molar-refractivity contribution in [3.8, 4) is 5.75 Å². The number of hydrogen-bond donors (Lipinski definition) is 3. The summed E-state index contributed by atoms with van der Waals surface area (Å²) in [7, 11) is -2.81. The smallest absolute Gasteiger partial charge is 0.410 e. The number of ether oxygens (including phenoxy) is 4. The lowest BCUT2D eigenvalue weighted by Gasteiger charge is -2.34. The van der Waals surface area contributed by atoms with Crippen LogP contribution >= 0.6 is 0 Å². The Labute approximate surface area is 338 Å². The Morgan fingerprint density at radius 1 is 0.807 bits per heavy atom. The number of sulfonamides is 1. The van der Waals surface area contributed by atoms with E-state index in [2.05, 4.69) is 15.4 Å². The molecule has 0 spiro atoms. The fraction of sp³-hybridized carbons (Fsp3) is 0.725. The zero-order valence-electron chi connectivity index (χ0n) is 35.0. The molecule has 1 aromatic rings. The average molecular weight is 824 g/mol. The maximum Gasteiger partial charge on any atom is 0.410 e. The van der Waals surface area contributed by atoms with Crippen LogP contribution in [0.1, 0.15) is 99.8 Å². The van der Waals surface area contributed by atoms with Gasteiger partial charge >= 0.3 is 18.2 Å². The molecule has 2 aliphatic heterocycles. The summed E-state index contributed by atoms with van der Waals surface area (Å²) in [4.78, 5) is 67.8. The van der Waals surface area contributed by atoms with Crippen molar-refractivity contribution in [1.82, 2.24) is 25.2 Å². The van der Waals surface area contributed by atoms with Crippen molar-refractivity contribution in [2.75, 3.05) is 53.0 Å². The van der Waals surface area contributed by atoms with E-state index >= 15 is 0 Å². The molecule has 2 fully saturated rings. The van der Waals surface area contributed by atoms with E-state index in [0.29, 0.717) is 56.6 Å². The Balaban J connectivity index is 1.59. The number of benzene rings is 1. The highest BCUT2D eigenvalue weighted by atomic mass is 32.2. The van der Waals surface area contributed by atoms with Gasteiger partial charge in [-0.25, -0.2) is 18.0 Å². The second-order valence-corrected chi connectivity index (χ2v) is 18.5. The molecule has 3 N–H and O–H groups in total. The Morgan fingerprint density at radius 2 is 1.32 bits per heavy atom. The second kappa shape index (κ2) is 21.6. The number of nitrogens with zero attached hydrogens (tertiary/aromatic N) is 2. The van der Waals surface area contributed by atoms with Crippen LogP contribution in [0.15, 0.2) is 29.2 Å². The molecule has 1 atom stereocenters. The summed E-state index contributed by atoms with van der Waals surface area (Å²) in [6.45, 7) is 14.1. The van der Waals surface area contributed by atoms with Gasteiger partial charge in [0.15, 0.2) is 0 Å². The van der Waals surface area contributed by atoms with Crippen LogP contribution in [-0.4, -0.2) is 118 Å². The number of hydrogen-bond acceptors (Lipinski definition) is 11. The largest absolute Gasteiger partial charge is 0.497 e. The van der Waals surface area contributed by atoms with Crippen LogP contribution in [0.25, 0.3) is 0 Å². The first-order valence-corrected chi connectivity index (χ1v) is 21.5. The predicted octanol–water partition coefficient (Wildman–Crippen LogP) is 4.61. The van der Waals surface area contributed by atoms with Gasteiger partial charge < -0.3 is 39.4 Å². The number of methoxy groups -OCH3 is 1. The third kappa shape index (κ3) is 16.7. The first kappa shape index (κ1) is 47.3. The lowest BCUT2D eigenvalue weighted by atomic mass is 9.84. The molecule has 0 saturated carbocycles. The molecule has 2 aliphatic rings. The number of rotatable bonds is 17. The molecule has 322 valence electrons. The molecular formula is C40H65N5O11S. The summed E-state index contributed by atoms with van der Waals surface area (Å²) in [5.74, 6) is -1.20. The summed E-state index contributed by atoms with van der Waals surface area (Å²) in [6.07, 6.45) is 5.27. The first-order chi connectivity index (χ1) is 26.7. The minimum absolute atomic E-state index is 0.00663. The van der Waals surface area contributed by atoms with Crippen LogP contribution in [-0.2, 0) is 38.6 Å². The Bertz CT molecular complexity index is 1560. The second-order valence-electron chi connectivity index (χ2n) is 16.8. The molecule has 57 heavy (non-hydrogen) atoms. The van der Waals surface area contributed by atoms with Crippen molar-refractivity contribution in [3.05, 3.63) is 24.3 Å². The van der Waals surface area contributed by atoms with E-state index in [1.807, 2.05) is 41.5 Å². The Morgan fingerprint density at radius 3 is 1.77 bits per heavy atom. The minimum Gasteiger partial charge on any atom is -0.497 e. The quantitative estimate of drug-likeness (QED) is 0.147. The van der Waals surface area contributed by atoms with Crippen LogP contribution in [0.4, 0.5) is 9.59 Å². The third-order valence-electron chi connectivity index (χ3n) is 9.90. The van der Waals surface area contributed by atoms with Gasteiger partial charge in [0.05, 0.1) is 25.2 Å². The summed E-state index contributed by atoms with van der Waals surface area (Å²) in [5.41, 5.74) is -1.15. The molecule has 3 rings (SSSR count). The van der Waals surface area contributed by atoms with Gasteiger partial charge in [0.2, 0.25) is 21.8 Å². The fourth-order valence-electron chi connectivity index (χ4n) is 6.77. The molecule has 0 unspecified atom stereocenters. The average Bonchev–Trinajstić information content (AvgIpc) is 3.14. The lowest BCUT2D eigenvalue weighted by Crippen LogP contribution is -2.50. The number of esters is 1. The number of amides is 4. The van der Waals surface area contributed by atoms with E-state index in [-0.39, 0.29) is 42.1 Å². The van der Waals surface area contributed by atoms with Crippen LogP contribution in [0.3, 0.4) is 0 Å². The molecule has 0 radical (unpaired) electrons. The third-order valence-corrected chi connectivity index (χ3v) is 11.4. The Kier molecular flexibility index (Phi) is 17.9. The van der Waals surface area contributed by atoms with Gasteiger partial charge in [0, 0.05) is 44.7 Å². The van der Waals surface area contributed by atoms with E-state index in [9.17, 15) is 32.4 Å². The van der Waals surface area contributed by atoms with Crippen molar-refractivity contribution in [2.45, 2.75) is 122 Å². The SMILES string of the molecule is CCOC(=O)[C@H](CNC(=O)CNC(=O)C(CCC1CCN(C(=O)OC(C)(C)C)CC1)CCC1CCN(C(=O)OC(C)(C)C)CC1)NS(=O)(=O)c1cccc(OC)c1. The topological polar surface area (TPSA) is 199 Å². The highest BCUT2D eigenvalue weighted by molar-refractivity contribution is 7.89. The van der Waals surface area contributed by atoms with Gasteiger partial charge in [-0.15, -0.1) is 0 Å². The number of likely N-dealkylation sites (tertiary alicyclic amines) is 2. The molecule has 0 bridgehead atoms. The van der Waals surface area contributed by atoms with Gasteiger partial charge in [0.25, 0.3) is 0 Å². The van der Waals surface area contributed by atoms with E-state index in [1.54, 1.807) is 22.8 Å². The monoisotopic (exact) mass is 823 g/mol. The molecule has 2 heterocycles. The standard InChI is InChI=1S/C40H65N5O11S/c1-9-54-36(48)33(43-57(51,52)32-12-10-11-31(25-32)53-8)26-41-34(46)27-42-35(47)30(15-13-28-17-21-44(22-18-28)37(49)55-39(2,3)4)16-14-29-19-23-45(24-20-29)38(50)56-40(5,6)7/h10-12,25,28-30,33,43H,9,13-24,26-27H2,1-8H3,(H,41,46)(H,42,47)/t33-/m0/s1. The highest BCUT2D eigenvalue weighted by Crippen LogP contribution is 2.30. The van der Waals surface area contributed by atoms with Crippen LogP contribution in [0.2, 0.25) is 0 Å². The number of carbonyl (C=O) groups is 5. The zero-order valence-corrected chi connectivity index (χ0v) is 35.8. The predicted molar refractivity (Wildman–Crippen MR) is 213 cm³/mol. The number of carbonyl (C=O) groups excluding carboxylic acids is 5. The van der Waals surface area contributed by atoms with Crippen molar-refractivity contribution in [1.29, 1.82) is 0 Å². The van der Waals surface area contributed by atoms with Crippen LogP contribution in [0.5, 0.6) is 5.75 Å². The van der Waals surface area contributed by atoms with Gasteiger partial charge in [-0.3, -0.25) is 14.4 Å². The maximum atomic E-state index is 13.7. The van der Waals surface area contributed by atoms with Gasteiger partial charge in [-0.05, 0) is 124 Å². The summed E-state index contributed by atoms with van der Waals surface area (Å²) < 4.78 is 49.8. The molecule has 1 aromatic carbocycles. The molecule has 0 aromatic heterocycles. The molecule has 4 amide bonds. The van der Waals surface area contributed by atoms with Crippen LogP contribution < -0.4 is 20.1 Å². The maximum absolute atomic E-state index is 13.7. The molecule has 17 heteroatoms. The normalized spacial score (nSPS) is 16.4. The molecule has 16 nitrogen and oxygen atoms in total. The number of piperidine rings is 2. The minimum atomic E-state index is -4.20. The van der Waals surface area contributed by atoms with Crippen molar-refractivity contribution in [3.63, 3.8) is 0 Å². The van der Waals surface area contributed by atoms with Gasteiger partial charge in [0.1, 0.15) is 23.0 Å². The molecule has 2 saturated heterocycles. The van der Waals surface area contributed by atoms with E-state index in [4.69, 9.17) is 18.9 Å². The van der Waals surface area contributed by atoms with Crippen molar-refractivity contribution < 1.29 is 51.3 Å². The van der Waals surface area contributed by atoms with Crippen molar-refractivity contribution >= 4 is 40.0 Å². The van der Waals surface area contributed by atoms with E-state index in [0.717, 1.165) is 38.5 Å². The molecular weight excluding hydrogens is 759 g/mol. The van der Waals surface area contributed by atoms with Crippen LogP contribution in [0, 0.1) is 17.8 Å². The number of nitrogens with one attached hydrogen (secondary N) is 3.